The Morgan fingerprint density at radius 2 is 1.75 bits per heavy atom. The fourth-order valence-electron chi connectivity index (χ4n) is 3.41. The van der Waals surface area contributed by atoms with Crippen molar-refractivity contribution < 1.29 is 9.62 Å². The highest BCUT2D eigenvalue weighted by molar-refractivity contribution is 8.06. The minimum Gasteiger partial charge on any atom is -0.460 e. The van der Waals surface area contributed by atoms with Crippen LogP contribution in [-0.4, -0.2) is 10.8 Å². The topological polar surface area (TPSA) is 36.3 Å². The molecule has 20 heavy (non-hydrogen) atoms. The normalized spacial score (nSPS) is 26.9. The van der Waals surface area contributed by atoms with Crippen molar-refractivity contribution in [2.75, 3.05) is 5.75 Å². The average molecular weight is 288 g/mol. The molecule has 0 N–H and O–H groups in total. The maximum atomic E-state index is 12.6. The number of benzene rings is 1. The van der Waals surface area contributed by atoms with Gasteiger partial charge in [-0.05, 0) is 57.0 Å². The molecule has 1 aromatic heterocycles. The number of furan rings is 1. The van der Waals surface area contributed by atoms with Gasteiger partial charge >= 0.3 is 0 Å². The molecule has 1 atom stereocenters. The Morgan fingerprint density at radius 3 is 2.35 bits per heavy atom. The van der Waals surface area contributed by atoms with E-state index in [1.165, 1.54) is 5.06 Å². The number of hydroxylamine groups is 2. The van der Waals surface area contributed by atoms with E-state index < -0.39 is 11.1 Å². The summed E-state index contributed by atoms with van der Waals surface area (Å²) in [5, 5.41) is 15.4. The van der Waals surface area contributed by atoms with Gasteiger partial charge in [0.1, 0.15) is 11.3 Å². The van der Waals surface area contributed by atoms with Gasteiger partial charge in [-0.1, -0.05) is 0 Å². The van der Waals surface area contributed by atoms with E-state index in [9.17, 15) is 5.21 Å². The van der Waals surface area contributed by atoms with E-state index in [0.717, 1.165) is 33.6 Å². The lowest BCUT2D eigenvalue weighted by atomic mass is 9.90. The van der Waals surface area contributed by atoms with Crippen LogP contribution in [0.2, 0.25) is 0 Å². The van der Waals surface area contributed by atoms with Crippen molar-refractivity contribution in [2.45, 2.75) is 44.0 Å². The van der Waals surface area contributed by atoms with Gasteiger partial charge in [-0.3, -0.25) is 0 Å². The summed E-state index contributed by atoms with van der Waals surface area (Å²) in [6.07, 6.45) is 0. The van der Waals surface area contributed by atoms with Crippen molar-refractivity contribution in [1.82, 2.24) is 5.06 Å². The summed E-state index contributed by atoms with van der Waals surface area (Å²) >= 11 is 1.91. The second kappa shape index (κ2) is 3.62. The molecule has 0 bridgehead atoms. The number of thioether (sulfide) groups is 1. The van der Waals surface area contributed by atoms with E-state index in [1.807, 2.05) is 39.5 Å². The molecule has 0 saturated carbocycles. The van der Waals surface area contributed by atoms with Crippen LogP contribution in [0, 0.1) is 0 Å². The van der Waals surface area contributed by atoms with E-state index in [-0.39, 0.29) is 0 Å². The van der Waals surface area contributed by atoms with Crippen LogP contribution in [-0.2, 0) is 16.3 Å². The van der Waals surface area contributed by atoms with Gasteiger partial charge in [0.25, 0.3) is 0 Å². The molecule has 0 spiro atoms. The summed E-state index contributed by atoms with van der Waals surface area (Å²) in [5.74, 6) is 2.23. The summed E-state index contributed by atoms with van der Waals surface area (Å²) in [6, 6.07) is 6.35. The molecule has 1 fully saturated rings. The molecule has 1 radical (unpaired) electrons. The third-order valence-electron chi connectivity index (χ3n) is 4.66. The summed E-state index contributed by atoms with van der Waals surface area (Å²) in [7, 11) is 0. The first-order valence-electron chi connectivity index (χ1n) is 6.99. The van der Waals surface area contributed by atoms with Crippen LogP contribution in [0.3, 0.4) is 0 Å². The van der Waals surface area contributed by atoms with E-state index in [1.54, 1.807) is 0 Å². The van der Waals surface area contributed by atoms with Gasteiger partial charge in [-0.15, -0.1) is 22.0 Å². The van der Waals surface area contributed by atoms with Crippen molar-refractivity contribution in [3.8, 4) is 0 Å². The Balaban J connectivity index is 1.97. The summed E-state index contributed by atoms with van der Waals surface area (Å²) < 4.78 is 5.97. The van der Waals surface area contributed by atoms with E-state index in [4.69, 9.17) is 4.42 Å². The van der Waals surface area contributed by atoms with Crippen LogP contribution in [0.25, 0.3) is 11.0 Å². The van der Waals surface area contributed by atoms with E-state index in [2.05, 4.69) is 18.2 Å². The lowest BCUT2D eigenvalue weighted by molar-refractivity contribution is -0.266. The Hall–Kier alpha value is -0.970. The highest BCUT2D eigenvalue weighted by Gasteiger charge is 2.50. The third-order valence-corrected chi connectivity index (χ3v) is 5.56. The van der Waals surface area contributed by atoms with Gasteiger partial charge in [0.2, 0.25) is 0 Å². The van der Waals surface area contributed by atoms with Crippen LogP contribution in [0.15, 0.2) is 22.6 Å². The smallest absolute Gasteiger partial charge is 0.134 e. The molecule has 1 aromatic carbocycles. The molecule has 0 amide bonds. The first-order valence-corrected chi connectivity index (χ1v) is 8.04. The van der Waals surface area contributed by atoms with Gasteiger partial charge in [0.05, 0.1) is 16.3 Å². The fraction of sp³-hybridized carbons (Fsp3) is 0.500. The highest BCUT2D eigenvalue weighted by Crippen LogP contribution is 2.51. The Morgan fingerprint density at radius 1 is 1.15 bits per heavy atom. The molecular formula is C16H18NO2S. The number of hydrogen-bond acceptors (Lipinski definition) is 3. The molecule has 3 nitrogen and oxygen atoms in total. The molecule has 1 unspecified atom stereocenters. The molecule has 0 aliphatic carbocycles. The fourth-order valence-corrected chi connectivity index (χ4v) is 3.95. The third kappa shape index (κ3) is 1.50. The zero-order valence-corrected chi connectivity index (χ0v) is 13.0. The zero-order chi connectivity index (χ0) is 14.3. The molecule has 4 heteroatoms. The van der Waals surface area contributed by atoms with Crippen LogP contribution in [0.4, 0.5) is 0 Å². The van der Waals surface area contributed by atoms with Crippen LogP contribution in [0.1, 0.15) is 49.8 Å². The predicted octanol–water partition coefficient (Wildman–Crippen LogP) is 4.35. The Kier molecular flexibility index (Phi) is 2.30. The highest BCUT2D eigenvalue weighted by atomic mass is 32.2. The number of nitrogens with zero attached hydrogens (tertiary/aromatic N) is 1. The monoisotopic (exact) mass is 288 g/mol. The maximum Gasteiger partial charge on any atom is 0.134 e. The van der Waals surface area contributed by atoms with Crippen LogP contribution in [0.5, 0.6) is 0 Å². The zero-order valence-electron chi connectivity index (χ0n) is 12.2. The molecule has 2 aromatic rings. The quantitative estimate of drug-likeness (QED) is 0.732. The summed E-state index contributed by atoms with van der Waals surface area (Å²) in [4.78, 5) is 0. The SMILES string of the molecule is CC1(C)c2cc3cc(C4CS4)oc3cc2C(C)(C)N1[O]. The standard InChI is InChI=1S/C16H18NO2S/c1-15(2)10-5-9-6-13(14-8-20-14)19-12(9)7-11(10)16(3,4)17(15)18/h5-7,14H,8H2,1-4H3. The second-order valence-electron chi connectivity index (χ2n) is 6.82. The van der Waals surface area contributed by atoms with Crippen molar-refractivity contribution in [3.63, 3.8) is 0 Å². The minimum absolute atomic E-state index is 0.487. The second-order valence-corrected chi connectivity index (χ2v) is 8.05. The Bertz CT molecular complexity index is 660. The van der Waals surface area contributed by atoms with Crippen molar-refractivity contribution >= 4 is 22.7 Å². The predicted molar refractivity (Wildman–Crippen MR) is 80.0 cm³/mol. The Labute approximate surface area is 122 Å². The van der Waals surface area contributed by atoms with Crippen molar-refractivity contribution in [2.24, 2.45) is 0 Å². The first kappa shape index (κ1) is 12.7. The molecule has 2 aliphatic rings. The lowest BCUT2D eigenvalue weighted by Gasteiger charge is -2.32. The van der Waals surface area contributed by atoms with Crippen LogP contribution < -0.4 is 0 Å². The average Bonchev–Trinajstić information content (AvgIpc) is 3.13. The molecule has 1 saturated heterocycles. The molecule has 4 rings (SSSR count). The van der Waals surface area contributed by atoms with E-state index >= 15 is 0 Å². The first-order chi connectivity index (χ1) is 9.31. The van der Waals surface area contributed by atoms with Crippen molar-refractivity contribution in [1.29, 1.82) is 0 Å². The van der Waals surface area contributed by atoms with Gasteiger partial charge in [0, 0.05) is 11.1 Å². The van der Waals surface area contributed by atoms with E-state index in [0.29, 0.717) is 5.25 Å². The summed E-state index contributed by atoms with van der Waals surface area (Å²) in [6.45, 7) is 7.97. The minimum atomic E-state index is -0.506. The largest absolute Gasteiger partial charge is 0.460 e. The van der Waals surface area contributed by atoms with Gasteiger partial charge in [-0.25, -0.2) is 0 Å². The van der Waals surface area contributed by atoms with Gasteiger partial charge in [0.15, 0.2) is 0 Å². The van der Waals surface area contributed by atoms with Crippen LogP contribution >= 0.6 is 11.8 Å². The van der Waals surface area contributed by atoms with Gasteiger partial charge < -0.3 is 4.42 Å². The van der Waals surface area contributed by atoms with Crippen molar-refractivity contribution in [3.05, 3.63) is 35.1 Å². The van der Waals surface area contributed by atoms with Gasteiger partial charge in [-0.2, -0.15) is 0 Å². The number of hydrogen-bond donors (Lipinski definition) is 0. The maximum absolute atomic E-state index is 12.6. The number of rotatable bonds is 1. The lowest BCUT2D eigenvalue weighted by Crippen LogP contribution is -2.41. The number of fused-ring (bicyclic) bond motifs is 2. The molecule has 2 aliphatic heterocycles. The molecule has 105 valence electrons. The molecular weight excluding hydrogens is 270 g/mol. The summed E-state index contributed by atoms with van der Waals surface area (Å²) in [5.41, 5.74) is 2.13. The molecule has 3 heterocycles.